The van der Waals surface area contributed by atoms with Gasteiger partial charge in [-0.3, -0.25) is 9.59 Å². The molecule has 2 heterocycles. The van der Waals surface area contributed by atoms with Crippen molar-refractivity contribution in [2.24, 2.45) is 0 Å². The van der Waals surface area contributed by atoms with Gasteiger partial charge in [0.05, 0.1) is 11.3 Å². The number of ether oxygens (including phenoxy) is 1. The number of esters is 1. The minimum absolute atomic E-state index is 0.157. The summed E-state index contributed by atoms with van der Waals surface area (Å²) in [5.74, 6) is -0.898. The molecule has 156 valence electrons. The van der Waals surface area contributed by atoms with Gasteiger partial charge in [0.15, 0.2) is 0 Å². The van der Waals surface area contributed by atoms with Crippen molar-refractivity contribution in [2.75, 3.05) is 5.32 Å². The third-order valence-corrected chi connectivity index (χ3v) is 5.51. The molecule has 8 nitrogen and oxygen atoms in total. The lowest BCUT2D eigenvalue weighted by atomic mass is 10.1. The zero-order valence-corrected chi connectivity index (χ0v) is 18.6. The molecule has 0 bridgehead atoms. The number of benzene rings is 2. The molecule has 0 fully saturated rings. The number of carbonyl (C=O) groups is 2. The van der Waals surface area contributed by atoms with E-state index < -0.39 is 5.97 Å². The van der Waals surface area contributed by atoms with Gasteiger partial charge in [-0.1, -0.05) is 39.4 Å². The van der Waals surface area contributed by atoms with Gasteiger partial charge in [0, 0.05) is 21.8 Å². The molecule has 0 aliphatic carbocycles. The number of nitrogens with one attached hydrogen (secondary N) is 1. The fraction of sp³-hybridized carbons (Fsp3) is 0.0952. The molecule has 1 amide bonds. The van der Waals surface area contributed by atoms with Crippen LogP contribution in [0.5, 0.6) is 0 Å². The fourth-order valence-corrected chi connectivity index (χ4v) is 3.97. The lowest BCUT2D eigenvalue weighted by Gasteiger charge is -2.08. The third kappa shape index (κ3) is 4.86. The van der Waals surface area contributed by atoms with Crippen LogP contribution in [0.2, 0.25) is 0 Å². The molecule has 1 N–H and O–H groups in total. The molecule has 0 spiro atoms. The highest BCUT2D eigenvalue weighted by atomic mass is 79.9. The van der Waals surface area contributed by atoms with Crippen molar-refractivity contribution in [2.45, 2.75) is 13.5 Å². The number of hydrogen-bond acceptors (Lipinski definition) is 7. The van der Waals surface area contributed by atoms with Crippen molar-refractivity contribution in [1.29, 1.82) is 0 Å². The topological polar surface area (TPSA) is 103 Å². The Labute approximate surface area is 188 Å². The van der Waals surface area contributed by atoms with Gasteiger partial charge in [-0.2, -0.15) is 9.61 Å². The Bertz CT molecular complexity index is 1370. The van der Waals surface area contributed by atoms with Gasteiger partial charge in [0.25, 0.3) is 11.5 Å². The Kier molecular flexibility index (Phi) is 5.92. The number of aryl methyl sites for hydroxylation is 1. The van der Waals surface area contributed by atoms with E-state index in [-0.39, 0.29) is 23.6 Å². The number of halogens is 1. The Morgan fingerprint density at radius 3 is 2.71 bits per heavy atom. The van der Waals surface area contributed by atoms with Gasteiger partial charge < -0.3 is 10.1 Å². The number of fused-ring (bicyclic) bond motifs is 1. The van der Waals surface area contributed by atoms with Crippen LogP contribution in [-0.2, 0) is 11.3 Å². The Morgan fingerprint density at radius 1 is 1.13 bits per heavy atom. The van der Waals surface area contributed by atoms with Crippen LogP contribution in [0.3, 0.4) is 0 Å². The monoisotopic (exact) mass is 498 g/mol. The highest BCUT2D eigenvalue weighted by Gasteiger charge is 2.13. The smallest absolute Gasteiger partial charge is 0.338 e. The second-order valence-electron chi connectivity index (χ2n) is 6.52. The van der Waals surface area contributed by atoms with E-state index in [1.165, 1.54) is 28.0 Å². The number of anilines is 1. The zero-order valence-electron chi connectivity index (χ0n) is 16.2. The third-order valence-electron chi connectivity index (χ3n) is 4.19. The van der Waals surface area contributed by atoms with Gasteiger partial charge in [0.2, 0.25) is 4.96 Å². The first-order valence-corrected chi connectivity index (χ1v) is 10.7. The second-order valence-corrected chi connectivity index (χ2v) is 8.60. The molecule has 4 aromatic rings. The fourth-order valence-electron chi connectivity index (χ4n) is 2.81. The summed E-state index contributed by atoms with van der Waals surface area (Å²) in [5.41, 5.74) is 1.20. The van der Waals surface area contributed by atoms with Crippen molar-refractivity contribution in [3.63, 3.8) is 0 Å². The van der Waals surface area contributed by atoms with Crippen LogP contribution in [0.25, 0.3) is 4.96 Å². The predicted octanol–water partition coefficient (Wildman–Crippen LogP) is 3.83. The Morgan fingerprint density at radius 2 is 1.90 bits per heavy atom. The van der Waals surface area contributed by atoms with Crippen LogP contribution in [-0.4, -0.2) is 26.5 Å². The molecular weight excluding hydrogens is 484 g/mol. The average Bonchev–Trinajstić information content (AvgIpc) is 3.13. The van der Waals surface area contributed by atoms with Gasteiger partial charge in [-0.15, -0.1) is 0 Å². The van der Waals surface area contributed by atoms with Crippen LogP contribution in [0.1, 0.15) is 31.4 Å². The van der Waals surface area contributed by atoms with E-state index in [2.05, 4.69) is 31.3 Å². The number of carbonyl (C=O) groups excluding carboxylic acids is 2. The zero-order chi connectivity index (χ0) is 22.0. The van der Waals surface area contributed by atoms with Crippen molar-refractivity contribution in [3.8, 4) is 0 Å². The van der Waals surface area contributed by atoms with E-state index in [9.17, 15) is 14.4 Å². The molecule has 0 aliphatic heterocycles. The molecule has 0 radical (unpaired) electrons. The summed E-state index contributed by atoms with van der Waals surface area (Å²) >= 11 is 4.61. The molecule has 4 rings (SSSR count). The molecule has 31 heavy (non-hydrogen) atoms. The summed E-state index contributed by atoms with van der Waals surface area (Å²) < 4.78 is 7.30. The first-order chi connectivity index (χ1) is 14.9. The van der Waals surface area contributed by atoms with Crippen LogP contribution in [0.15, 0.2) is 63.9 Å². The second kappa shape index (κ2) is 8.78. The Hall–Kier alpha value is -3.37. The quantitative estimate of drug-likeness (QED) is 0.419. The van der Waals surface area contributed by atoms with E-state index in [4.69, 9.17) is 4.74 Å². The lowest BCUT2D eigenvalue weighted by molar-refractivity contribution is 0.0467. The molecule has 0 atom stereocenters. The lowest BCUT2D eigenvalue weighted by Crippen LogP contribution is -2.16. The molecule has 0 saturated carbocycles. The maximum atomic E-state index is 12.5. The SMILES string of the molecule is Cc1nn2c(=O)cc(COC(=O)c3cccc(NC(=O)c4cccc(Br)c4)c3)nc2s1. The molecule has 0 aliphatic rings. The number of rotatable bonds is 5. The molecule has 0 unspecified atom stereocenters. The van der Waals surface area contributed by atoms with Gasteiger partial charge in [-0.25, -0.2) is 9.78 Å². The summed E-state index contributed by atoms with van der Waals surface area (Å²) in [7, 11) is 0. The van der Waals surface area contributed by atoms with Crippen LogP contribution < -0.4 is 10.9 Å². The van der Waals surface area contributed by atoms with Crippen molar-refractivity contribution in [1.82, 2.24) is 14.6 Å². The van der Waals surface area contributed by atoms with E-state index in [1.54, 1.807) is 43.3 Å². The van der Waals surface area contributed by atoms with E-state index in [1.807, 2.05) is 6.07 Å². The Balaban J connectivity index is 1.44. The number of amides is 1. The largest absolute Gasteiger partial charge is 0.456 e. The molecule has 0 saturated heterocycles. The normalized spacial score (nSPS) is 10.8. The van der Waals surface area contributed by atoms with Crippen LogP contribution >= 0.6 is 27.3 Å². The minimum Gasteiger partial charge on any atom is -0.456 e. The van der Waals surface area contributed by atoms with Gasteiger partial charge >= 0.3 is 5.97 Å². The van der Waals surface area contributed by atoms with E-state index in [0.717, 1.165) is 4.47 Å². The van der Waals surface area contributed by atoms with Crippen molar-refractivity contribution in [3.05, 3.63) is 91.3 Å². The summed E-state index contributed by atoms with van der Waals surface area (Å²) in [6.45, 7) is 1.62. The molecule has 2 aromatic carbocycles. The summed E-state index contributed by atoms with van der Waals surface area (Å²) in [6.07, 6.45) is 0. The average molecular weight is 499 g/mol. The molecule has 10 heteroatoms. The van der Waals surface area contributed by atoms with Crippen LogP contribution in [0, 0.1) is 6.92 Å². The molecule has 2 aromatic heterocycles. The minimum atomic E-state index is -0.596. The highest BCUT2D eigenvalue weighted by molar-refractivity contribution is 9.10. The number of hydrogen-bond donors (Lipinski definition) is 1. The standard InChI is InChI=1S/C21H15BrN4O4S/c1-12-25-26-18(27)10-17(24-21(26)31-12)11-30-20(29)14-5-3-7-16(9-14)23-19(28)13-4-2-6-15(22)8-13/h2-10H,11H2,1H3,(H,23,28). The highest BCUT2D eigenvalue weighted by Crippen LogP contribution is 2.16. The van der Waals surface area contributed by atoms with Crippen molar-refractivity contribution >= 4 is 49.8 Å². The number of aromatic nitrogens is 3. The summed E-state index contributed by atoms with van der Waals surface area (Å²) in [6, 6.07) is 14.7. The first kappa shape index (κ1) is 20.9. The predicted molar refractivity (Wildman–Crippen MR) is 120 cm³/mol. The van der Waals surface area contributed by atoms with Crippen LogP contribution in [0.4, 0.5) is 5.69 Å². The van der Waals surface area contributed by atoms with Gasteiger partial charge in [-0.05, 0) is 43.3 Å². The van der Waals surface area contributed by atoms with E-state index >= 15 is 0 Å². The maximum absolute atomic E-state index is 12.5. The summed E-state index contributed by atoms with van der Waals surface area (Å²) in [4.78, 5) is 41.7. The maximum Gasteiger partial charge on any atom is 0.338 e. The van der Waals surface area contributed by atoms with Crippen molar-refractivity contribution < 1.29 is 14.3 Å². The first-order valence-electron chi connectivity index (χ1n) is 9.09. The van der Waals surface area contributed by atoms with E-state index in [0.29, 0.717) is 26.9 Å². The van der Waals surface area contributed by atoms with Gasteiger partial charge in [0.1, 0.15) is 11.6 Å². The number of nitrogens with zero attached hydrogens (tertiary/aromatic N) is 3. The molecular formula is C21H15BrN4O4S. The summed E-state index contributed by atoms with van der Waals surface area (Å²) in [5, 5.41) is 7.54.